The highest BCUT2D eigenvalue weighted by Crippen LogP contribution is 2.26. The van der Waals surface area contributed by atoms with E-state index in [0.29, 0.717) is 17.8 Å². The minimum atomic E-state index is -0.264. The van der Waals surface area contributed by atoms with Crippen molar-refractivity contribution < 1.29 is 9.59 Å². The maximum atomic E-state index is 12.8. The Kier molecular flexibility index (Phi) is 4.30. The van der Waals surface area contributed by atoms with E-state index in [1.165, 1.54) is 4.90 Å². The van der Waals surface area contributed by atoms with E-state index in [1.807, 2.05) is 55.6 Å². The molecule has 4 nitrogen and oxygen atoms in total. The van der Waals surface area contributed by atoms with Gasteiger partial charge < -0.3 is 4.90 Å². The van der Waals surface area contributed by atoms with E-state index < -0.39 is 0 Å². The maximum Gasteiger partial charge on any atom is 0.332 e. The number of carbonyl (C=O) groups excluding carboxylic acids is 2. The van der Waals surface area contributed by atoms with E-state index >= 15 is 0 Å². The predicted molar refractivity (Wildman–Crippen MR) is 93.5 cm³/mol. The molecule has 0 bridgehead atoms. The van der Waals surface area contributed by atoms with Crippen LogP contribution in [0.1, 0.15) is 18.7 Å². The minimum Gasteiger partial charge on any atom is -0.317 e. The summed E-state index contributed by atoms with van der Waals surface area (Å²) < 4.78 is 0. The number of thiophene rings is 1. The standard InChI is InChI=1S/C18H18N2O2S/c1-13(2)19-12-14(11-16-9-6-10-23-16)17(21)20(18(19)22)15-7-4-3-5-8-15/h3-11,13H,12H2,1-2H3/b14-11+. The van der Waals surface area contributed by atoms with Crippen molar-refractivity contribution in [2.24, 2.45) is 0 Å². The zero-order chi connectivity index (χ0) is 16.4. The molecule has 1 aromatic carbocycles. The van der Waals surface area contributed by atoms with Crippen LogP contribution in [0.4, 0.5) is 10.5 Å². The smallest absolute Gasteiger partial charge is 0.317 e. The lowest BCUT2D eigenvalue weighted by atomic mass is 10.1. The molecule has 118 valence electrons. The van der Waals surface area contributed by atoms with Gasteiger partial charge in [0.1, 0.15) is 0 Å². The molecule has 0 spiro atoms. The summed E-state index contributed by atoms with van der Waals surface area (Å²) in [5.74, 6) is -0.244. The van der Waals surface area contributed by atoms with Gasteiger partial charge in [0, 0.05) is 16.5 Å². The van der Waals surface area contributed by atoms with Gasteiger partial charge in [-0.05, 0) is 43.5 Å². The van der Waals surface area contributed by atoms with Crippen LogP contribution in [0.25, 0.3) is 6.08 Å². The van der Waals surface area contributed by atoms with Crippen molar-refractivity contribution in [3.8, 4) is 0 Å². The van der Waals surface area contributed by atoms with Gasteiger partial charge in [-0.25, -0.2) is 9.69 Å². The number of hydrogen-bond donors (Lipinski definition) is 0. The molecule has 5 heteroatoms. The van der Waals surface area contributed by atoms with Gasteiger partial charge in [0.2, 0.25) is 0 Å². The Hall–Kier alpha value is -2.40. The van der Waals surface area contributed by atoms with Crippen molar-refractivity contribution in [2.45, 2.75) is 19.9 Å². The van der Waals surface area contributed by atoms with Crippen LogP contribution < -0.4 is 4.90 Å². The van der Waals surface area contributed by atoms with Crippen molar-refractivity contribution in [3.05, 3.63) is 58.3 Å². The number of urea groups is 1. The van der Waals surface area contributed by atoms with E-state index in [-0.39, 0.29) is 18.0 Å². The average Bonchev–Trinajstić information content (AvgIpc) is 3.04. The molecule has 3 rings (SSSR count). The fourth-order valence-electron chi connectivity index (χ4n) is 2.54. The first-order chi connectivity index (χ1) is 11.1. The Morgan fingerprint density at radius 3 is 2.43 bits per heavy atom. The molecule has 23 heavy (non-hydrogen) atoms. The monoisotopic (exact) mass is 326 g/mol. The fourth-order valence-corrected chi connectivity index (χ4v) is 3.22. The van der Waals surface area contributed by atoms with Gasteiger partial charge in [-0.2, -0.15) is 0 Å². The van der Waals surface area contributed by atoms with E-state index in [2.05, 4.69) is 0 Å². The molecule has 0 N–H and O–H groups in total. The first-order valence-electron chi connectivity index (χ1n) is 7.52. The Bertz CT molecular complexity index is 736. The summed E-state index contributed by atoms with van der Waals surface area (Å²) in [6, 6.07) is 12.8. The van der Waals surface area contributed by atoms with Gasteiger partial charge in [0.05, 0.1) is 12.2 Å². The number of anilines is 1. The van der Waals surface area contributed by atoms with E-state index in [4.69, 9.17) is 0 Å². The molecule has 1 aliphatic heterocycles. The molecule has 1 aromatic heterocycles. The molecule has 1 fully saturated rings. The summed E-state index contributed by atoms with van der Waals surface area (Å²) in [5, 5.41) is 1.97. The fraction of sp³-hybridized carbons (Fsp3) is 0.222. The zero-order valence-electron chi connectivity index (χ0n) is 13.1. The Labute approximate surface area is 139 Å². The highest BCUT2D eigenvalue weighted by molar-refractivity contribution is 7.10. The Balaban J connectivity index is 2.03. The molecular formula is C18H18N2O2S. The molecule has 0 atom stereocenters. The van der Waals surface area contributed by atoms with Gasteiger partial charge in [-0.3, -0.25) is 4.79 Å². The SMILES string of the molecule is CC(C)N1C/C(=C\c2cccs2)C(=O)N(c2ccccc2)C1=O. The Morgan fingerprint density at radius 1 is 1.09 bits per heavy atom. The number of hydrogen-bond acceptors (Lipinski definition) is 3. The molecule has 2 heterocycles. The molecule has 3 amide bonds. The van der Waals surface area contributed by atoms with Crippen molar-refractivity contribution in [3.63, 3.8) is 0 Å². The normalized spacial score (nSPS) is 17.4. The van der Waals surface area contributed by atoms with Crippen LogP contribution in [-0.2, 0) is 4.79 Å². The number of nitrogens with zero attached hydrogens (tertiary/aromatic N) is 2. The first kappa shape index (κ1) is 15.5. The zero-order valence-corrected chi connectivity index (χ0v) is 13.9. The van der Waals surface area contributed by atoms with Crippen molar-refractivity contribution >= 4 is 35.0 Å². The lowest BCUT2D eigenvalue weighted by molar-refractivity contribution is -0.115. The summed E-state index contributed by atoms with van der Waals surface area (Å²) in [4.78, 5) is 29.6. The third-order valence-electron chi connectivity index (χ3n) is 3.75. The number of benzene rings is 1. The Morgan fingerprint density at radius 2 is 1.83 bits per heavy atom. The van der Waals surface area contributed by atoms with Crippen LogP contribution in [0.2, 0.25) is 0 Å². The van der Waals surface area contributed by atoms with Crippen molar-refractivity contribution in [1.29, 1.82) is 0 Å². The van der Waals surface area contributed by atoms with Gasteiger partial charge in [-0.15, -0.1) is 11.3 Å². The second kappa shape index (κ2) is 6.38. The van der Waals surface area contributed by atoms with Gasteiger partial charge in [-0.1, -0.05) is 24.3 Å². The van der Waals surface area contributed by atoms with Gasteiger partial charge in [0.15, 0.2) is 0 Å². The number of imide groups is 1. The molecule has 2 aromatic rings. The second-order valence-corrected chi connectivity index (χ2v) is 6.64. The molecule has 1 aliphatic rings. The van der Waals surface area contributed by atoms with Crippen molar-refractivity contribution in [2.75, 3.05) is 11.4 Å². The minimum absolute atomic E-state index is 0.0218. The summed E-state index contributed by atoms with van der Waals surface area (Å²) in [7, 11) is 0. The van der Waals surface area contributed by atoms with Crippen LogP contribution in [0.3, 0.4) is 0 Å². The predicted octanol–water partition coefficient (Wildman–Crippen LogP) is 4.01. The van der Waals surface area contributed by atoms with Gasteiger partial charge in [0.25, 0.3) is 5.91 Å². The lowest BCUT2D eigenvalue weighted by Gasteiger charge is -2.37. The van der Waals surface area contributed by atoms with Crippen LogP contribution in [0.15, 0.2) is 53.4 Å². The summed E-state index contributed by atoms with van der Waals surface area (Å²) in [6.45, 7) is 4.26. The van der Waals surface area contributed by atoms with Gasteiger partial charge >= 0.3 is 6.03 Å². The van der Waals surface area contributed by atoms with E-state index in [0.717, 1.165) is 4.88 Å². The van der Waals surface area contributed by atoms with E-state index in [1.54, 1.807) is 28.4 Å². The molecule has 0 aliphatic carbocycles. The highest BCUT2D eigenvalue weighted by Gasteiger charge is 2.37. The van der Waals surface area contributed by atoms with Crippen LogP contribution in [0, 0.1) is 0 Å². The maximum absolute atomic E-state index is 12.8. The third kappa shape index (κ3) is 3.05. The molecule has 0 radical (unpaired) electrons. The highest BCUT2D eigenvalue weighted by atomic mass is 32.1. The summed E-state index contributed by atoms with van der Waals surface area (Å²) >= 11 is 1.58. The third-order valence-corrected chi connectivity index (χ3v) is 4.57. The molecule has 0 unspecified atom stereocenters. The van der Waals surface area contributed by atoms with Crippen LogP contribution in [-0.4, -0.2) is 29.4 Å². The number of para-hydroxylation sites is 1. The number of amides is 3. The molecular weight excluding hydrogens is 308 g/mol. The largest absolute Gasteiger partial charge is 0.332 e. The molecule has 0 saturated carbocycles. The number of carbonyl (C=O) groups is 2. The van der Waals surface area contributed by atoms with E-state index in [9.17, 15) is 9.59 Å². The lowest BCUT2D eigenvalue weighted by Crippen LogP contribution is -2.55. The second-order valence-electron chi connectivity index (χ2n) is 5.67. The quantitative estimate of drug-likeness (QED) is 0.800. The first-order valence-corrected chi connectivity index (χ1v) is 8.40. The summed E-state index contributed by atoms with van der Waals surface area (Å²) in [5.41, 5.74) is 1.23. The van der Waals surface area contributed by atoms with Crippen LogP contribution in [0.5, 0.6) is 0 Å². The topological polar surface area (TPSA) is 40.6 Å². The summed E-state index contributed by atoms with van der Waals surface area (Å²) in [6.07, 6.45) is 1.88. The van der Waals surface area contributed by atoms with Crippen molar-refractivity contribution in [1.82, 2.24) is 4.90 Å². The average molecular weight is 326 g/mol. The number of rotatable bonds is 3. The molecule has 1 saturated heterocycles. The van der Waals surface area contributed by atoms with Crippen LogP contribution >= 0.6 is 11.3 Å².